The number of alkyl halides is 1. The Labute approximate surface area is 363 Å². The van der Waals surface area contributed by atoms with Gasteiger partial charge in [-0.1, -0.05) is 5.21 Å². The lowest BCUT2D eigenvalue weighted by molar-refractivity contribution is -0.142. The van der Waals surface area contributed by atoms with Crippen molar-refractivity contribution < 1.29 is 87.8 Å². The molecule has 0 aliphatic heterocycles. The number of carboxylic acids is 6. The molecule has 1 aromatic heterocycles. The number of nitrogens with zero attached hydrogens (tertiary/aromatic N) is 3. The third-order valence-corrected chi connectivity index (χ3v) is 8.88. The molecule has 0 aliphatic carbocycles. The molecule has 358 valence electrons. The van der Waals surface area contributed by atoms with Crippen molar-refractivity contribution in [1.82, 2.24) is 52.2 Å². The van der Waals surface area contributed by atoms with Gasteiger partial charge in [-0.3, -0.25) is 28.4 Å². The van der Waals surface area contributed by atoms with E-state index in [2.05, 4.69) is 36.9 Å². The van der Waals surface area contributed by atoms with E-state index in [1.54, 1.807) is 0 Å². The van der Waals surface area contributed by atoms with Gasteiger partial charge in [0.05, 0.1) is 12.4 Å². The van der Waals surface area contributed by atoms with Crippen LogP contribution in [-0.4, -0.2) is 161 Å². The topological polar surface area (TPSA) is 424 Å². The van der Waals surface area contributed by atoms with E-state index in [-0.39, 0.29) is 71.0 Å². The first-order chi connectivity index (χ1) is 30.2. The fourth-order valence-corrected chi connectivity index (χ4v) is 5.65. The van der Waals surface area contributed by atoms with Crippen molar-refractivity contribution in [3.63, 3.8) is 0 Å². The smallest absolute Gasteiger partial charge is 0.326 e. The lowest BCUT2D eigenvalue weighted by Crippen LogP contribution is -2.51. The molecule has 28 heteroatoms. The fraction of sp³-hybridized carbons (Fsp3) is 0.639. The SMILES string of the molecule is O=C(O)CCC(NC(=O)NC(CCCCNC(=O)CC(CC(=O)NCCCC[C@@H](NC(=O)N[C@@H](CCC(=O)O)C(=O)O)C(=O)O)NC(=O)Cn1cc(CCCF)nn1)C(=O)O)C(=O)O. The lowest BCUT2D eigenvalue weighted by Gasteiger charge is -2.19. The molecule has 5 atom stereocenters. The molecule has 0 saturated heterocycles. The van der Waals surface area contributed by atoms with Crippen molar-refractivity contribution in [2.24, 2.45) is 0 Å². The number of aliphatic carboxylic acids is 6. The van der Waals surface area contributed by atoms with Crippen molar-refractivity contribution in [1.29, 1.82) is 0 Å². The molecule has 0 saturated carbocycles. The van der Waals surface area contributed by atoms with E-state index in [0.717, 1.165) is 0 Å². The largest absolute Gasteiger partial charge is 0.481 e. The minimum Gasteiger partial charge on any atom is -0.481 e. The van der Waals surface area contributed by atoms with Crippen LogP contribution in [0.4, 0.5) is 14.0 Å². The van der Waals surface area contributed by atoms with Gasteiger partial charge in [-0.15, -0.1) is 5.10 Å². The Morgan fingerprint density at radius 3 is 1.33 bits per heavy atom. The zero-order valence-electron chi connectivity index (χ0n) is 34.6. The first-order valence-corrected chi connectivity index (χ1v) is 20.0. The maximum absolute atomic E-state index is 12.9. The van der Waals surface area contributed by atoms with Crippen molar-refractivity contribution in [2.75, 3.05) is 19.8 Å². The Morgan fingerprint density at radius 1 is 0.547 bits per heavy atom. The van der Waals surface area contributed by atoms with Crippen LogP contribution in [0.15, 0.2) is 6.20 Å². The zero-order chi connectivity index (χ0) is 48.2. The molecule has 1 rings (SSSR count). The highest BCUT2D eigenvalue weighted by Gasteiger charge is 2.27. The molecule has 3 unspecified atom stereocenters. The van der Waals surface area contributed by atoms with Crippen molar-refractivity contribution in [3.8, 4) is 0 Å². The molecule has 0 spiro atoms. The Morgan fingerprint density at radius 2 is 0.953 bits per heavy atom. The number of aromatic nitrogens is 3. The van der Waals surface area contributed by atoms with Crippen molar-refractivity contribution in [3.05, 3.63) is 11.9 Å². The summed E-state index contributed by atoms with van der Waals surface area (Å²) in [7, 11) is 0. The fourth-order valence-electron chi connectivity index (χ4n) is 5.65. The molecule has 1 heterocycles. The van der Waals surface area contributed by atoms with E-state index in [1.165, 1.54) is 10.9 Å². The normalized spacial score (nSPS) is 13.1. The van der Waals surface area contributed by atoms with E-state index < -0.39 is 141 Å². The molecule has 13 N–H and O–H groups in total. The summed E-state index contributed by atoms with van der Waals surface area (Å²) >= 11 is 0. The number of hydrogen-bond donors (Lipinski definition) is 13. The van der Waals surface area contributed by atoms with Crippen molar-refractivity contribution >= 4 is 65.6 Å². The highest BCUT2D eigenvalue weighted by Crippen LogP contribution is 2.07. The summed E-state index contributed by atoms with van der Waals surface area (Å²) in [6.45, 7) is -0.949. The second-order valence-corrected chi connectivity index (χ2v) is 14.2. The van der Waals surface area contributed by atoms with Crippen LogP contribution in [0.25, 0.3) is 0 Å². The van der Waals surface area contributed by atoms with E-state index in [4.69, 9.17) is 10.2 Å². The number of amides is 7. The number of carbonyl (C=O) groups is 11. The first kappa shape index (κ1) is 54.9. The molecule has 0 fully saturated rings. The van der Waals surface area contributed by atoms with Crippen LogP contribution in [-0.2, 0) is 56.1 Å². The summed E-state index contributed by atoms with van der Waals surface area (Å²) in [6, 6.07) is -9.48. The number of halogens is 1. The van der Waals surface area contributed by atoms with Gasteiger partial charge >= 0.3 is 47.9 Å². The van der Waals surface area contributed by atoms with Crippen LogP contribution in [0.3, 0.4) is 0 Å². The van der Waals surface area contributed by atoms with Crippen molar-refractivity contribution in [2.45, 2.75) is 127 Å². The minimum atomic E-state index is -1.59. The Bertz CT molecular complexity index is 1690. The molecule has 1 aromatic rings. The molecule has 27 nitrogen and oxygen atoms in total. The zero-order valence-corrected chi connectivity index (χ0v) is 34.6. The first-order valence-electron chi connectivity index (χ1n) is 20.0. The van der Waals surface area contributed by atoms with Crippen LogP contribution < -0.4 is 37.2 Å². The summed E-state index contributed by atoms with van der Waals surface area (Å²) < 4.78 is 13.7. The number of carboxylic acid groups (broad SMARTS) is 6. The average Bonchev–Trinajstić information content (AvgIpc) is 3.64. The highest BCUT2D eigenvalue weighted by atomic mass is 19.1. The maximum atomic E-state index is 12.9. The summed E-state index contributed by atoms with van der Waals surface area (Å²) in [4.78, 5) is 131. The van der Waals surface area contributed by atoms with Gasteiger partial charge in [-0.25, -0.2) is 33.4 Å². The number of nitrogens with one attached hydrogen (secondary N) is 7. The Balaban J connectivity index is 2.76. The van der Waals surface area contributed by atoms with Crippen LogP contribution in [0.2, 0.25) is 0 Å². The molecule has 64 heavy (non-hydrogen) atoms. The van der Waals surface area contributed by atoms with Gasteiger partial charge in [0.15, 0.2) is 0 Å². The second-order valence-electron chi connectivity index (χ2n) is 14.2. The number of unbranched alkanes of at least 4 members (excludes halogenated alkanes) is 2. The lowest BCUT2D eigenvalue weighted by atomic mass is 10.1. The Kier molecular flexibility index (Phi) is 25.7. The second kappa shape index (κ2) is 30.0. The van der Waals surface area contributed by atoms with Crippen LogP contribution in [0, 0.1) is 0 Å². The van der Waals surface area contributed by atoms with Crippen LogP contribution >= 0.6 is 0 Å². The van der Waals surface area contributed by atoms with E-state index in [0.29, 0.717) is 5.69 Å². The van der Waals surface area contributed by atoms with E-state index >= 15 is 0 Å². The standard InChI is InChI=1S/C36H55FN10O17/c37-13-5-6-20-18-47(46-45-20)19-28(50)40-21(16-26(48)38-14-3-1-7-22(31(55)56)41-35(63)43-24(33(59)60)9-11-29(51)52)17-27(49)39-15-4-2-8-23(32(57)58)42-36(64)44-25(34(61)62)10-12-30(53)54/h18,21-25H,1-17,19H2,(H,38,48)(H,39,49)(H,40,50)(H,51,52)(H,53,54)(H,55,56)(H,57,58)(H,59,60)(H,61,62)(H2,41,43,63)(H2,42,44,64)/t21?,22-,23?,24+,25?/m1/s1. The third-order valence-electron chi connectivity index (χ3n) is 8.88. The molecular formula is C36H55FN10O17. The van der Waals surface area contributed by atoms with Gasteiger partial charge in [-0.05, 0) is 64.2 Å². The van der Waals surface area contributed by atoms with Gasteiger partial charge in [0, 0.05) is 51.0 Å². The molecular weight excluding hydrogens is 863 g/mol. The van der Waals surface area contributed by atoms with Gasteiger partial charge in [-0.2, -0.15) is 0 Å². The molecule has 0 aromatic carbocycles. The predicted molar refractivity (Wildman–Crippen MR) is 212 cm³/mol. The van der Waals surface area contributed by atoms with Gasteiger partial charge in [0.1, 0.15) is 30.7 Å². The van der Waals surface area contributed by atoms with Gasteiger partial charge in [0.25, 0.3) is 0 Å². The molecule has 0 aliphatic rings. The molecule has 7 amide bonds. The minimum absolute atomic E-state index is 0.000160. The number of carbonyl (C=O) groups excluding carboxylic acids is 5. The van der Waals surface area contributed by atoms with Gasteiger partial charge < -0.3 is 67.9 Å². The third kappa shape index (κ3) is 24.9. The monoisotopic (exact) mass is 918 g/mol. The number of hydrogen-bond acceptors (Lipinski definition) is 13. The van der Waals surface area contributed by atoms with Crippen LogP contribution in [0.5, 0.6) is 0 Å². The number of aryl methyl sites for hydroxylation is 1. The van der Waals surface area contributed by atoms with Gasteiger partial charge in [0.2, 0.25) is 17.7 Å². The highest BCUT2D eigenvalue weighted by molar-refractivity contribution is 5.87. The average molecular weight is 919 g/mol. The molecule has 0 radical (unpaired) electrons. The Hall–Kier alpha value is -7.16. The summed E-state index contributed by atoms with van der Waals surface area (Å²) in [5, 5.41) is 78.6. The van der Waals surface area contributed by atoms with E-state index in [9.17, 15) is 77.6 Å². The predicted octanol–water partition coefficient (Wildman–Crippen LogP) is -1.84. The number of rotatable bonds is 34. The summed E-state index contributed by atoms with van der Waals surface area (Å²) in [5.74, 6) is -10.4. The maximum Gasteiger partial charge on any atom is 0.326 e. The quantitative estimate of drug-likeness (QED) is 0.0338. The van der Waals surface area contributed by atoms with E-state index in [1.807, 2.05) is 10.6 Å². The number of urea groups is 2. The summed E-state index contributed by atoms with van der Waals surface area (Å²) in [6.07, 6.45) is -0.543. The summed E-state index contributed by atoms with van der Waals surface area (Å²) in [5.41, 5.74) is 0.433. The molecule has 0 bridgehead atoms. The van der Waals surface area contributed by atoms with Crippen LogP contribution in [0.1, 0.15) is 89.2 Å².